The van der Waals surface area contributed by atoms with Gasteiger partial charge in [0.05, 0.1) is 0 Å². The summed E-state index contributed by atoms with van der Waals surface area (Å²) in [5, 5.41) is 3.61. The van der Waals surface area contributed by atoms with Crippen LogP contribution in [0.15, 0.2) is 0 Å². The fourth-order valence-electron chi connectivity index (χ4n) is 3.68. The molecule has 1 aliphatic heterocycles. The van der Waals surface area contributed by atoms with Gasteiger partial charge in [-0.05, 0) is 39.0 Å². The molecule has 1 saturated carbocycles. The molecule has 2 fully saturated rings. The quantitative estimate of drug-likeness (QED) is 0.852. The van der Waals surface area contributed by atoms with Gasteiger partial charge in [0.1, 0.15) is 0 Å². The highest BCUT2D eigenvalue weighted by atomic mass is 19.4. The van der Waals surface area contributed by atoms with Crippen LogP contribution in [0, 0.1) is 5.92 Å². The number of hydrogen-bond donors (Lipinski definition) is 1. The van der Waals surface area contributed by atoms with Crippen molar-refractivity contribution in [3.8, 4) is 0 Å². The van der Waals surface area contributed by atoms with Crippen LogP contribution in [0.1, 0.15) is 52.4 Å². The molecule has 2 unspecified atom stereocenters. The van der Waals surface area contributed by atoms with E-state index >= 15 is 0 Å². The average Bonchev–Trinajstić information content (AvgIpc) is 2.78. The Morgan fingerprint density at radius 2 is 1.75 bits per heavy atom. The Bertz CT molecular complexity index is 296. The Balaban J connectivity index is 1.92. The molecule has 0 aromatic rings. The van der Waals surface area contributed by atoms with Gasteiger partial charge in [0, 0.05) is 37.6 Å². The van der Waals surface area contributed by atoms with E-state index in [1.54, 1.807) is 0 Å². The van der Waals surface area contributed by atoms with E-state index in [1.165, 1.54) is 25.7 Å². The molecule has 0 amide bonds. The first-order valence-corrected chi connectivity index (χ1v) is 7.90. The summed E-state index contributed by atoms with van der Waals surface area (Å²) in [5.74, 6) is -0.259. The molecule has 5 heteroatoms. The van der Waals surface area contributed by atoms with Crippen molar-refractivity contribution in [1.82, 2.24) is 10.2 Å². The van der Waals surface area contributed by atoms with Crippen LogP contribution in [0.2, 0.25) is 0 Å². The fraction of sp³-hybridized carbons (Fsp3) is 1.00. The molecular formula is C15H27F3N2. The minimum absolute atomic E-state index is 0.224. The number of likely N-dealkylation sites (tertiary alicyclic amines) is 1. The Hall–Kier alpha value is -0.290. The van der Waals surface area contributed by atoms with E-state index in [0.717, 1.165) is 6.54 Å². The van der Waals surface area contributed by atoms with Gasteiger partial charge < -0.3 is 5.32 Å². The molecule has 1 N–H and O–H groups in total. The Morgan fingerprint density at radius 3 is 2.30 bits per heavy atom. The highest BCUT2D eigenvalue weighted by Gasteiger charge is 2.37. The molecule has 2 nitrogen and oxygen atoms in total. The predicted molar refractivity (Wildman–Crippen MR) is 74.7 cm³/mol. The van der Waals surface area contributed by atoms with E-state index in [-0.39, 0.29) is 12.0 Å². The van der Waals surface area contributed by atoms with Crippen LogP contribution in [0.4, 0.5) is 13.2 Å². The lowest BCUT2D eigenvalue weighted by Crippen LogP contribution is -2.53. The van der Waals surface area contributed by atoms with Crippen molar-refractivity contribution >= 4 is 0 Å². The first-order valence-electron chi connectivity index (χ1n) is 7.90. The summed E-state index contributed by atoms with van der Waals surface area (Å²) in [6.45, 7) is 5.62. The molecule has 0 radical (unpaired) electrons. The van der Waals surface area contributed by atoms with E-state index in [1.807, 2.05) is 0 Å². The summed E-state index contributed by atoms with van der Waals surface area (Å²) in [5.41, 5.74) is 0. The van der Waals surface area contributed by atoms with Crippen molar-refractivity contribution in [3.63, 3.8) is 0 Å². The standard InChI is InChI=1S/C15H27F3N2/c1-11(2)20-9-12(8-15(16,17)18)7-14(10-20)19-13-5-3-4-6-13/h11-14,19H,3-10H2,1-2H3. The Labute approximate surface area is 120 Å². The monoisotopic (exact) mass is 292 g/mol. The van der Waals surface area contributed by atoms with Crippen molar-refractivity contribution in [2.24, 2.45) is 5.92 Å². The van der Waals surface area contributed by atoms with Crippen LogP contribution >= 0.6 is 0 Å². The summed E-state index contributed by atoms with van der Waals surface area (Å²) in [7, 11) is 0. The maximum Gasteiger partial charge on any atom is 0.389 e. The molecule has 1 heterocycles. The second-order valence-corrected chi connectivity index (χ2v) is 6.81. The van der Waals surface area contributed by atoms with Crippen LogP contribution in [0.25, 0.3) is 0 Å². The van der Waals surface area contributed by atoms with Gasteiger partial charge in [-0.1, -0.05) is 12.8 Å². The van der Waals surface area contributed by atoms with Gasteiger partial charge in [0.25, 0.3) is 0 Å². The highest BCUT2D eigenvalue weighted by molar-refractivity contribution is 4.88. The van der Waals surface area contributed by atoms with Gasteiger partial charge in [-0.15, -0.1) is 0 Å². The molecule has 2 atom stereocenters. The van der Waals surface area contributed by atoms with Crippen LogP contribution < -0.4 is 5.32 Å². The van der Waals surface area contributed by atoms with E-state index in [4.69, 9.17) is 0 Å². The molecule has 0 spiro atoms. The topological polar surface area (TPSA) is 15.3 Å². The Morgan fingerprint density at radius 1 is 1.10 bits per heavy atom. The van der Waals surface area contributed by atoms with Crippen molar-refractivity contribution in [2.75, 3.05) is 13.1 Å². The number of hydrogen-bond acceptors (Lipinski definition) is 2. The van der Waals surface area contributed by atoms with Crippen molar-refractivity contribution < 1.29 is 13.2 Å². The van der Waals surface area contributed by atoms with Gasteiger partial charge in [-0.25, -0.2) is 0 Å². The third kappa shape index (κ3) is 4.92. The number of nitrogens with one attached hydrogen (secondary N) is 1. The number of alkyl halides is 3. The van der Waals surface area contributed by atoms with Crippen LogP contribution in [0.3, 0.4) is 0 Å². The highest BCUT2D eigenvalue weighted by Crippen LogP contribution is 2.31. The molecule has 2 rings (SSSR count). The summed E-state index contributed by atoms with van der Waals surface area (Å²) in [4.78, 5) is 2.20. The predicted octanol–water partition coefficient (Wildman–Crippen LogP) is 3.57. The maximum atomic E-state index is 12.7. The van der Waals surface area contributed by atoms with Crippen molar-refractivity contribution in [2.45, 2.75) is 76.7 Å². The zero-order valence-corrected chi connectivity index (χ0v) is 12.5. The molecule has 1 aliphatic carbocycles. The third-order valence-electron chi connectivity index (χ3n) is 4.64. The lowest BCUT2D eigenvalue weighted by Gasteiger charge is -2.41. The van der Waals surface area contributed by atoms with E-state index < -0.39 is 12.6 Å². The SMILES string of the molecule is CC(C)N1CC(CC(F)(F)F)CC(NC2CCCC2)C1. The number of nitrogens with zero attached hydrogens (tertiary/aromatic N) is 1. The molecule has 0 bridgehead atoms. The second-order valence-electron chi connectivity index (χ2n) is 6.81. The average molecular weight is 292 g/mol. The summed E-state index contributed by atoms with van der Waals surface area (Å²) >= 11 is 0. The first-order chi connectivity index (χ1) is 9.33. The molecule has 118 valence electrons. The summed E-state index contributed by atoms with van der Waals surface area (Å²) in [6.07, 6.45) is 0.861. The van der Waals surface area contributed by atoms with Gasteiger partial charge in [-0.3, -0.25) is 4.90 Å². The van der Waals surface area contributed by atoms with E-state index in [2.05, 4.69) is 24.1 Å². The molecule has 0 aromatic carbocycles. The van der Waals surface area contributed by atoms with Gasteiger partial charge >= 0.3 is 6.18 Å². The number of rotatable bonds is 4. The largest absolute Gasteiger partial charge is 0.389 e. The summed E-state index contributed by atoms with van der Waals surface area (Å²) < 4.78 is 38.0. The number of halogens is 3. The zero-order chi connectivity index (χ0) is 14.8. The van der Waals surface area contributed by atoms with Crippen LogP contribution in [-0.4, -0.2) is 42.3 Å². The van der Waals surface area contributed by atoms with Crippen LogP contribution in [-0.2, 0) is 0 Å². The van der Waals surface area contributed by atoms with Crippen LogP contribution in [0.5, 0.6) is 0 Å². The zero-order valence-electron chi connectivity index (χ0n) is 12.5. The fourth-order valence-corrected chi connectivity index (χ4v) is 3.68. The minimum Gasteiger partial charge on any atom is -0.310 e. The van der Waals surface area contributed by atoms with Gasteiger partial charge in [-0.2, -0.15) is 13.2 Å². The normalized spacial score (nSPS) is 30.3. The molecule has 1 saturated heterocycles. The first kappa shape index (κ1) is 16.1. The maximum absolute atomic E-state index is 12.7. The molecule has 0 aromatic heterocycles. The van der Waals surface area contributed by atoms with E-state index in [9.17, 15) is 13.2 Å². The van der Waals surface area contributed by atoms with Crippen molar-refractivity contribution in [1.29, 1.82) is 0 Å². The van der Waals surface area contributed by atoms with E-state index in [0.29, 0.717) is 25.0 Å². The molecule has 2 aliphatic rings. The summed E-state index contributed by atoms with van der Waals surface area (Å²) in [6, 6.07) is 1.07. The van der Waals surface area contributed by atoms with Crippen molar-refractivity contribution in [3.05, 3.63) is 0 Å². The van der Waals surface area contributed by atoms with Gasteiger partial charge in [0.15, 0.2) is 0 Å². The Kier molecular flexibility index (Phi) is 5.35. The second kappa shape index (κ2) is 6.65. The lowest BCUT2D eigenvalue weighted by molar-refractivity contribution is -0.149. The van der Waals surface area contributed by atoms with Gasteiger partial charge in [0.2, 0.25) is 0 Å². The number of piperidine rings is 1. The lowest BCUT2D eigenvalue weighted by atomic mass is 9.90. The molecule has 20 heavy (non-hydrogen) atoms. The molecular weight excluding hydrogens is 265 g/mol. The minimum atomic E-state index is -4.04. The third-order valence-corrected chi connectivity index (χ3v) is 4.64. The smallest absolute Gasteiger partial charge is 0.310 e.